The minimum absolute atomic E-state index is 0.312. The van der Waals surface area contributed by atoms with Crippen LogP contribution in [0.25, 0.3) is 0 Å². The standard InChI is InChI=1S/C11H15NOS/c1-7(6-11(12)14)9-3-4-10(13)8(2)5-9/h3-5,7,13H,6H2,1-2H3,(H2,12,14). The number of hydrogen-bond acceptors (Lipinski definition) is 2. The van der Waals surface area contributed by atoms with Gasteiger partial charge in [0.15, 0.2) is 0 Å². The van der Waals surface area contributed by atoms with Crippen LogP contribution in [0.4, 0.5) is 0 Å². The number of benzene rings is 1. The van der Waals surface area contributed by atoms with Crippen molar-refractivity contribution in [3.63, 3.8) is 0 Å². The number of phenols is 1. The molecule has 0 aliphatic rings. The van der Waals surface area contributed by atoms with Crippen molar-refractivity contribution in [2.45, 2.75) is 26.2 Å². The molecule has 0 saturated heterocycles. The van der Waals surface area contributed by atoms with Crippen molar-refractivity contribution >= 4 is 17.2 Å². The van der Waals surface area contributed by atoms with E-state index in [-0.39, 0.29) is 0 Å². The Morgan fingerprint density at radius 3 is 2.71 bits per heavy atom. The Bertz CT molecular complexity index is 349. The van der Waals surface area contributed by atoms with Gasteiger partial charge in [0.25, 0.3) is 0 Å². The predicted molar refractivity (Wildman–Crippen MR) is 62.7 cm³/mol. The molecule has 0 aliphatic carbocycles. The summed E-state index contributed by atoms with van der Waals surface area (Å²) in [5.74, 6) is 0.642. The third-order valence-corrected chi connectivity index (χ3v) is 2.46. The number of phenolic OH excluding ortho intramolecular Hbond substituents is 1. The van der Waals surface area contributed by atoms with Gasteiger partial charge in [-0.3, -0.25) is 0 Å². The lowest BCUT2D eigenvalue weighted by Gasteiger charge is -2.11. The molecule has 0 aliphatic heterocycles. The number of aromatic hydroxyl groups is 1. The Hall–Kier alpha value is -1.09. The molecule has 1 unspecified atom stereocenters. The Morgan fingerprint density at radius 2 is 2.21 bits per heavy atom. The topological polar surface area (TPSA) is 46.2 Å². The van der Waals surface area contributed by atoms with Crippen molar-refractivity contribution in [2.24, 2.45) is 5.73 Å². The quantitative estimate of drug-likeness (QED) is 0.752. The van der Waals surface area contributed by atoms with E-state index in [4.69, 9.17) is 18.0 Å². The molecule has 1 aromatic rings. The highest BCUT2D eigenvalue weighted by Crippen LogP contribution is 2.24. The highest BCUT2D eigenvalue weighted by Gasteiger charge is 2.07. The summed E-state index contributed by atoms with van der Waals surface area (Å²) in [5, 5.41) is 9.36. The van der Waals surface area contributed by atoms with Crippen LogP contribution in [0.5, 0.6) is 5.75 Å². The van der Waals surface area contributed by atoms with E-state index in [1.54, 1.807) is 6.07 Å². The number of aryl methyl sites for hydroxylation is 1. The maximum Gasteiger partial charge on any atom is 0.118 e. The van der Waals surface area contributed by atoms with E-state index in [9.17, 15) is 5.11 Å². The minimum atomic E-state index is 0.312. The molecule has 14 heavy (non-hydrogen) atoms. The van der Waals surface area contributed by atoms with Crippen molar-refractivity contribution in [3.8, 4) is 5.75 Å². The lowest BCUT2D eigenvalue weighted by Crippen LogP contribution is -2.11. The van der Waals surface area contributed by atoms with Crippen LogP contribution in [-0.2, 0) is 0 Å². The number of nitrogens with two attached hydrogens (primary N) is 1. The van der Waals surface area contributed by atoms with Crippen molar-refractivity contribution in [3.05, 3.63) is 29.3 Å². The Morgan fingerprint density at radius 1 is 1.57 bits per heavy atom. The van der Waals surface area contributed by atoms with Crippen molar-refractivity contribution in [1.29, 1.82) is 0 Å². The first kappa shape index (κ1) is 11.0. The summed E-state index contributed by atoms with van der Waals surface area (Å²) in [4.78, 5) is 0.531. The largest absolute Gasteiger partial charge is 0.508 e. The highest BCUT2D eigenvalue weighted by molar-refractivity contribution is 7.80. The van der Waals surface area contributed by atoms with Crippen LogP contribution in [-0.4, -0.2) is 10.1 Å². The van der Waals surface area contributed by atoms with Gasteiger partial charge in [0.2, 0.25) is 0 Å². The zero-order valence-corrected chi connectivity index (χ0v) is 9.27. The second kappa shape index (κ2) is 4.42. The second-order valence-electron chi connectivity index (χ2n) is 3.62. The normalized spacial score (nSPS) is 12.4. The molecule has 76 valence electrons. The molecule has 3 N–H and O–H groups in total. The first-order chi connectivity index (χ1) is 6.50. The molecular formula is C11H15NOS. The Labute approximate surface area is 89.7 Å². The predicted octanol–water partition coefficient (Wildman–Crippen LogP) is 2.48. The van der Waals surface area contributed by atoms with Gasteiger partial charge in [-0.25, -0.2) is 0 Å². The monoisotopic (exact) mass is 209 g/mol. The van der Waals surface area contributed by atoms with E-state index in [0.717, 1.165) is 11.1 Å². The molecule has 0 heterocycles. The zero-order chi connectivity index (χ0) is 10.7. The van der Waals surface area contributed by atoms with Gasteiger partial charge < -0.3 is 10.8 Å². The highest BCUT2D eigenvalue weighted by atomic mass is 32.1. The molecule has 0 fully saturated rings. The average Bonchev–Trinajstić information content (AvgIpc) is 2.08. The smallest absolute Gasteiger partial charge is 0.118 e. The molecule has 1 atom stereocenters. The molecule has 1 rings (SSSR count). The summed E-state index contributed by atoms with van der Waals surface area (Å²) in [6.07, 6.45) is 0.708. The van der Waals surface area contributed by atoms with Gasteiger partial charge in [-0.1, -0.05) is 31.3 Å². The van der Waals surface area contributed by atoms with Crippen LogP contribution in [0.3, 0.4) is 0 Å². The summed E-state index contributed by atoms with van der Waals surface area (Å²) < 4.78 is 0. The van der Waals surface area contributed by atoms with E-state index in [1.807, 2.05) is 19.1 Å². The lowest BCUT2D eigenvalue weighted by molar-refractivity contribution is 0.470. The first-order valence-electron chi connectivity index (χ1n) is 4.58. The van der Waals surface area contributed by atoms with E-state index >= 15 is 0 Å². The molecular weight excluding hydrogens is 194 g/mol. The van der Waals surface area contributed by atoms with E-state index < -0.39 is 0 Å². The van der Waals surface area contributed by atoms with Crippen LogP contribution >= 0.6 is 12.2 Å². The maximum atomic E-state index is 9.36. The average molecular weight is 209 g/mol. The molecule has 1 aromatic carbocycles. The fraction of sp³-hybridized carbons (Fsp3) is 0.364. The Kier molecular flexibility index (Phi) is 3.47. The summed E-state index contributed by atoms with van der Waals surface area (Å²) in [7, 11) is 0. The molecule has 2 nitrogen and oxygen atoms in total. The molecule has 0 aromatic heterocycles. The van der Waals surface area contributed by atoms with Gasteiger partial charge in [-0.15, -0.1) is 0 Å². The van der Waals surface area contributed by atoms with Crippen LogP contribution < -0.4 is 5.73 Å². The van der Waals surface area contributed by atoms with Crippen LogP contribution in [0.2, 0.25) is 0 Å². The summed E-state index contributed by atoms with van der Waals surface area (Å²) >= 11 is 4.86. The molecule has 0 amide bonds. The molecule has 0 spiro atoms. The second-order valence-corrected chi connectivity index (χ2v) is 4.14. The van der Waals surface area contributed by atoms with Gasteiger partial charge in [0.1, 0.15) is 5.75 Å². The van der Waals surface area contributed by atoms with E-state index in [0.29, 0.717) is 23.1 Å². The minimum Gasteiger partial charge on any atom is -0.508 e. The number of rotatable bonds is 3. The third-order valence-electron chi connectivity index (χ3n) is 2.30. The fourth-order valence-electron chi connectivity index (χ4n) is 1.40. The summed E-state index contributed by atoms with van der Waals surface area (Å²) in [5.41, 5.74) is 7.53. The Balaban J connectivity index is 2.85. The fourth-order valence-corrected chi connectivity index (χ4v) is 1.65. The van der Waals surface area contributed by atoms with Gasteiger partial charge in [0.05, 0.1) is 4.99 Å². The third kappa shape index (κ3) is 2.70. The lowest BCUT2D eigenvalue weighted by atomic mass is 9.96. The first-order valence-corrected chi connectivity index (χ1v) is 4.99. The van der Waals surface area contributed by atoms with Crippen molar-refractivity contribution < 1.29 is 5.11 Å². The maximum absolute atomic E-state index is 9.36. The van der Waals surface area contributed by atoms with Crippen LogP contribution in [0.1, 0.15) is 30.4 Å². The van der Waals surface area contributed by atoms with Crippen LogP contribution in [0.15, 0.2) is 18.2 Å². The van der Waals surface area contributed by atoms with E-state index in [2.05, 4.69) is 6.92 Å². The van der Waals surface area contributed by atoms with E-state index in [1.165, 1.54) is 0 Å². The molecule has 3 heteroatoms. The zero-order valence-electron chi connectivity index (χ0n) is 8.45. The SMILES string of the molecule is Cc1cc(C(C)CC(N)=S)ccc1O. The molecule has 0 bridgehead atoms. The van der Waals surface area contributed by atoms with Gasteiger partial charge in [-0.05, 0) is 30.0 Å². The number of hydrogen-bond donors (Lipinski definition) is 2. The van der Waals surface area contributed by atoms with Crippen molar-refractivity contribution in [2.75, 3.05) is 0 Å². The summed E-state index contributed by atoms with van der Waals surface area (Å²) in [6, 6.07) is 5.59. The molecule has 0 saturated carbocycles. The summed E-state index contributed by atoms with van der Waals surface area (Å²) in [6.45, 7) is 3.96. The van der Waals surface area contributed by atoms with Crippen LogP contribution in [0, 0.1) is 6.92 Å². The van der Waals surface area contributed by atoms with Gasteiger partial charge in [0, 0.05) is 6.42 Å². The van der Waals surface area contributed by atoms with Crippen molar-refractivity contribution in [1.82, 2.24) is 0 Å². The number of thiocarbonyl (C=S) groups is 1. The van der Waals surface area contributed by atoms with Gasteiger partial charge in [-0.2, -0.15) is 0 Å². The molecule has 0 radical (unpaired) electrons. The van der Waals surface area contributed by atoms with Gasteiger partial charge >= 0.3 is 0 Å².